The Bertz CT molecular complexity index is 953. The Hall–Kier alpha value is -2.94. The van der Waals surface area contributed by atoms with Crippen molar-refractivity contribution in [3.8, 4) is 11.6 Å². The van der Waals surface area contributed by atoms with Crippen LogP contribution in [0.3, 0.4) is 0 Å². The van der Waals surface area contributed by atoms with Gasteiger partial charge in [-0.1, -0.05) is 0 Å². The molecule has 1 saturated heterocycles. The third kappa shape index (κ3) is 3.70. The average molecular weight is 443 g/mol. The summed E-state index contributed by atoms with van der Waals surface area (Å²) in [6.45, 7) is 2.63. The summed E-state index contributed by atoms with van der Waals surface area (Å²) in [7, 11) is 1.59. The van der Waals surface area contributed by atoms with Crippen LogP contribution < -0.4 is 9.64 Å². The molecule has 9 heteroatoms. The number of carbonyl (C=O) groups is 1. The Labute approximate surface area is 170 Å². The number of rotatable bonds is 4. The predicted octanol–water partition coefficient (Wildman–Crippen LogP) is 2.40. The van der Waals surface area contributed by atoms with E-state index in [1.165, 1.54) is 0 Å². The SMILES string of the molecule is COc1ccc(Br)c(C(=O)N2CCN(c3ccc(-n4cccn4)nn3)CC2)c1. The molecule has 0 bridgehead atoms. The van der Waals surface area contributed by atoms with Crippen LogP contribution in [-0.2, 0) is 0 Å². The summed E-state index contributed by atoms with van der Waals surface area (Å²) in [6.07, 6.45) is 3.53. The Morgan fingerprint density at radius 1 is 1.07 bits per heavy atom. The van der Waals surface area contributed by atoms with Crippen LogP contribution >= 0.6 is 15.9 Å². The van der Waals surface area contributed by atoms with Gasteiger partial charge in [0.15, 0.2) is 11.6 Å². The molecule has 1 amide bonds. The molecule has 3 heterocycles. The number of piperazine rings is 1. The second kappa shape index (κ2) is 7.97. The van der Waals surface area contributed by atoms with Crippen LogP contribution in [0.2, 0.25) is 0 Å². The highest BCUT2D eigenvalue weighted by molar-refractivity contribution is 9.10. The van der Waals surface area contributed by atoms with Crippen molar-refractivity contribution in [2.24, 2.45) is 0 Å². The fourth-order valence-electron chi connectivity index (χ4n) is 3.12. The first-order chi connectivity index (χ1) is 13.7. The van der Waals surface area contributed by atoms with Gasteiger partial charge in [0.2, 0.25) is 0 Å². The first kappa shape index (κ1) is 18.4. The zero-order valence-corrected chi connectivity index (χ0v) is 16.9. The van der Waals surface area contributed by atoms with Crippen molar-refractivity contribution in [2.75, 3.05) is 38.2 Å². The molecule has 1 aromatic carbocycles. The van der Waals surface area contributed by atoms with Crippen LogP contribution in [0.15, 0.2) is 53.3 Å². The van der Waals surface area contributed by atoms with Gasteiger partial charge in [0.05, 0.1) is 12.7 Å². The minimum atomic E-state index is -0.00876. The molecule has 28 heavy (non-hydrogen) atoms. The first-order valence-corrected chi connectivity index (χ1v) is 9.66. The predicted molar refractivity (Wildman–Crippen MR) is 108 cm³/mol. The minimum Gasteiger partial charge on any atom is -0.497 e. The van der Waals surface area contributed by atoms with E-state index in [4.69, 9.17) is 4.74 Å². The maximum Gasteiger partial charge on any atom is 0.255 e. The van der Waals surface area contributed by atoms with Crippen LogP contribution in [0.1, 0.15) is 10.4 Å². The molecule has 3 aromatic rings. The minimum absolute atomic E-state index is 0.00876. The number of halogens is 1. The standard InChI is InChI=1S/C19H19BrN6O2/c1-28-14-3-4-16(20)15(13-14)19(27)25-11-9-24(10-12-25)17-5-6-18(23-22-17)26-8-2-7-21-26/h2-8,13H,9-12H2,1H3. The second-order valence-corrected chi connectivity index (χ2v) is 7.18. The lowest BCUT2D eigenvalue weighted by atomic mass is 10.1. The van der Waals surface area contributed by atoms with E-state index in [1.807, 2.05) is 41.4 Å². The Morgan fingerprint density at radius 2 is 1.82 bits per heavy atom. The molecule has 1 aliphatic rings. The summed E-state index contributed by atoms with van der Waals surface area (Å²) >= 11 is 3.46. The first-order valence-electron chi connectivity index (χ1n) is 8.87. The zero-order chi connectivity index (χ0) is 19.5. The Balaban J connectivity index is 1.41. The molecule has 8 nitrogen and oxygen atoms in total. The number of methoxy groups -OCH3 is 1. The lowest BCUT2D eigenvalue weighted by Gasteiger charge is -2.35. The van der Waals surface area contributed by atoms with Crippen molar-refractivity contribution in [2.45, 2.75) is 0 Å². The van der Waals surface area contributed by atoms with Gasteiger partial charge in [-0.25, -0.2) is 4.68 Å². The Kier molecular flexibility index (Phi) is 5.25. The van der Waals surface area contributed by atoms with Gasteiger partial charge in [-0.3, -0.25) is 4.79 Å². The van der Waals surface area contributed by atoms with Gasteiger partial charge in [-0.15, -0.1) is 10.2 Å². The fourth-order valence-corrected chi connectivity index (χ4v) is 3.53. The second-order valence-electron chi connectivity index (χ2n) is 6.33. The molecule has 0 spiro atoms. The van der Waals surface area contributed by atoms with Gasteiger partial charge in [0.25, 0.3) is 5.91 Å². The highest BCUT2D eigenvalue weighted by atomic mass is 79.9. The third-order valence-electron chi connectivity index (χ3n) is 4.67. The monoisotopic (exact) mass is 442 g/mol. The fraction of sp³-hybridized carbons (Fsp3) is 0.263. The van der Waals surface area contributed by atoms with Crippen LogP contribution in [0.25, 0.3) is 5.82 Å². The largest absolute Gasteiger partial charge is 0.497 e. The van der Waals surface area contributed by atoms with Crippen molar-refractivity contribution in [3.05, 3.63) is 58.8 Å². The summed E-state index contributed by atoms with van der Waals surface area (Å²) in [4.78, 5) is 16.9. The number of hydrogen-bond acceptors (Lipinski definition) is 6. The molecule has 144 valence electrons. The van der Waals surface area contributed by atoms with Crippen molar-refractivity contribution < 1.29 is 9.53 Å². The van der Waals surface area contributed by atoms with E-state index >= 15 is 0 Å². The molecule has 0 atom stereocenters. The third-order valence-corrected chi connectivity index (χ3v) is 5.36. The molecule has 1 aliphatic heterocycles. The topological polar surface area (TPSA) is 76.4 Å². The number of ether oxygens (including phenoxy) is 1. The number of benzene rings is 1. The zero-order valence-electron chi connectivity index (χ0n) is 15.3. The molecule has 0 radical (unpaired) electrons. The van der Waals surface area contributed by atoms with E-state index in [0.717, 1.165) is 10.3 Å². The van der Waals surface area contributed by atoms with Crippen molar-refractivity contribution in [1.29, 1.82) is 0 Å². The number of amides is 1. The van der Waals surface area contributed by atoms with Crippen LogP contribution in [0, 0.1) is 0 Å². The van der Waals surface area contributed by atoms with Gasteiger partial charge in [-0.2, -0.15) is 5.10 Å². The maximum absolute atomic E-state index is 12.9. The molecule has 0 N–H and O–H groups in total. The van der Waals surface area contributed by atoms with Crippen LogP contribution in [-0.4, -0.2) is 64.1 Å². The number of nitrogens with zero attached hydrogens (tertiary/aromatic N) is 6. The summed E-state index contributed by atoms with van der Waals surface area (Å²) in [5.74, 6) is 2.12. The van der Waals surface area contributed by atoms with E-state index < -0.39 is 0 Å². The van der Waals surface area contributed by atoms with Crippen molar-refractivity contribution in [3.63, 3.8) is 0 Å². The van der Waals surface area contributed by atoms with Gasteiger partial charge in [0, 0.05) is 43.0 Å². The van der Waals surface area contributed by atoms with Crippen LogP contribution in [0.4, 0.5) is 5.82 Å². The molecule has 4 rings (SSSR count). The number of hydrogen-bond donors (Lipinski definition) is 0. The molecule has 0 saturated carbocycles. The number of anilines is 1. The maximum atomic E-state index is 12.9. The van der Waals surface area contributed by atoms with E-state index in [1.54, 1.807) is 24.1 Å². The van der Waals surface area contributed by atoms with E-state index in [0.29, 0.717) is 43.3 Å². The van der Waals surface area contributed by atoms with Gasteiger partial charge < -0.3 is 14.5 Å². The molecular formula is C19H19BrN6O2. The highest BCUT2D eigenvalue weighted by Crippen LogP contribution is 2.24. The smallest absolute Gasteiger partial charge is 0.255 e. The lowest BCUT2D eigenvalue weighted by molar-refractivity contribution is 0.0745. The number of aromatic nitrogens is 4. The normalized spacial score (nSPS) is 14.2. The average Bonchev–Trinajstić information content (AvgIpc) is 3.29. The molecule has 2 aromatic heterocycles. The molecule has 0 unspecified atom stereocenters. The number of carbonyl (C=O) groups excluding carboxylic acids is 1. The van der Waals surface area contributed by atoms with E-state index in [-0.39, 0.29) is 5.91 Å². The molecule has 1 fully saturated rings. The van der Waals surface area contributed by atoms with Gasteiger partial charge in [-0.05, 0) is 52.3 Å². The van der Waals surface area contributed by atoms with E-state index in [2.05, 4.69) is 36.1 Å². The van der Waals surface area contributed by atoms with Gasteiger partial charge >= 0.3 is 0 Å². The highest BCUT2D eigenvalue weighted by Gasteiger charge is 2.24. The lowest BCUT2D eigenvalue weighted by Crippen LogP contribution is -2.49. The Morgan fingerprint density at radius 3 is 2.46 bits per heavy atom. The summed E-state index contributed by atoms with van der Waals surface area (Å²) in [5.41, 5.74) is 0.608. The van der Waals surface area contributed by atoms with E-state index in [9.17, 15) is 4.79 Å². The quantitative estimate of drug-likeness (QED) is 0.617. The van der Waals surface area contributed by atoms with Gasteiger partial charge in [0.1, 0.15) is 5.75 Å². The summed E-state index contributed by atoms with van der Waals surface area (Å²) in [6, 6.07) is 11.1. The van der Waals surface area contributed by atoms with Crippen molar-refractivity contribution >= 4 is 27.7 Å². The molecular weight excluding hydrogens is 424 g/mol. The van der Waals surface area contributed by atoms with Crippen LogP contribution in [0.5, 0.6) is 5.75 Å². The summed E-state index contributed by atoms with van der Waals surface area (Å²) in [5, 5.41) is 12.7. The molecule has 0 aliphatic carbocycles. The van der Waals surface area contributed by atoms with Crippen molar-refractivity contribution in [1.82, 2.24) is 24.9 Å². The summed E-state index contributed by atoms with van der Waals surface area (Å²) < 4.78 is 7.67.